The van der Waals surface area contributed by atoms with Crippen LogP contribution in [0.3, 0.4) is 0 Å². The van der Waals surface area contributed by atoms with E-state index < -0.39 is 0 Å². The second-order valence-corrected chi connectivity index (χ2v) is 8.11. The monoisotopic (exact) mass is 389 g/mol. The highest BCUT2D eigenvalue weighted by Crippen LogP contribution is 2.30. The predicted octanol–water partition coefficient (Wildman–Crippen LogP) is 3.84. The number of pyridine rings is 1. The quantitative estimate of drug-likeness (QED) is 0.679. The van der Waals surface area contributed by atoms with Crippen molar-refractivity contribution >= 4 is 22.7 Å². The molecule has 0 bridgehead atoms. The second-order valence-electron chi connectivity index (χ2n) is 8.11. The summed E-state index contributed by atoms with van der Waals surface area (Å²) >= 11 is 0. The highest BCUT2D eigenvalue weighted by atomic mass is 16.1. The van der Waals surface area contributed by atoms with Crippen LogP contribution in [0.25, 0.3) is 11.0 Å². The lowest BCUT2D eigenvalue weighted by Gasteiger charge is -2.38. The molecule has 0 saturated heterocycles. The van der Waals surface area contributed by atoms with Crippen molar-refractivity contribution in [3.05, 3.63) is 58.0 Å². The van der Waals surface area contributed by atoms with Crippen molar-refractivity contribution < 1.29 is 0 Å². The van der Waals surface area contributed by atoms with Gasteiger partial charge < -0.3 is 0 Å². The largest absolute Gasteiger partial charge is 0.298 e. The third-order valence-electron chi connectivity index (χ3n) is 6.10. The van der Waals surface area contributed by atoms with Crippen molar-refractivity contribution in [2.45, 2.75) is 52.1 Å². The average molecular weight is 390 g/mol. The van der Waals surface area contributed by atoms with Gasteiger partial charge in [0.05, 0.1) is 18.7 Å². The molecule has 2 aromatic heterocycles. The molecule has 0 atom stereocenters. The van der Waals surface area contributed by atoms with E-state index in [1.54, 1.807) is 0 Å². The number of rotatable bonds is 4. The Balaban J connectivity index is 1.70. The first-order chi connectivity index (χ1) is 14.3. The van der Waals surface area contributed by atoms with Gasteiger partial charge in [-0.25, -0.2) is 4.98 Å². The van der Waals surface area contributed by atoms with Crippen LogP contribution in [0, 0.1) is 0 Å². The Bertz CT molecular complexity index is 1090. The Labute approximate surface area is 170 Å². The number of nitrogens with zero attached hydrogens (tertiary/aromatic N) is 5. The van der Waals surface area contributed by atoms with E-state index in [-0.39, 0.29) is 5.56 Å². The van der Waals surface area contributed by atoms with Crippen molar-refractivity contribution in [2.24, 2.45) is 0 Å². The first kappa shape index (κ1) is 18.3. The average Bonchev–Trinajstić information content (AvgIpc) is 2.78. The molecular formula is C23H27N5O. The molecule has 29 heavy (non-hydrogen) atoms. The Kier molecular flexibility index (Phi) is 4.79. The van der Waals surface area contributed by atoms with E-state index in [2.05, 4.69) is 33.8 Å². The molecule has 3 heterocycles. The molecule has 0 fully saturated rings. The minimum Gasteiger partial charge on any atom is -0.298 e. The Morgan fingerprint density at radius 2 is 1.90 bits per heavy atom. The molecule has 0 spiro atoms. The number of benzene rings is 1. The maximum atomic E-state index is 13.7. The van der Waals surface area contributed by atoms with Crippen LogP contribution >= 0.6 is 0 Å². The molecule has 0 N–H and O–H groups in total. The summed E-state index contributed by atoms with van der Waals surface area (Å²) in [5.74, 6) is 0.699. The summed E-state index contributed by atoms with van der Waals surface area (Å²) in [6.07, 6.45) is 8.45. The zero-order chi connectivity index (χ0) is 19.8. The van der Waals surface area contributed by atoms with E-state index in [0.717, 1.165) is 56.4 Å². The summed E-state index contributed by atoms with van der Waals surface area (Å²) < 4.78 is 1.85. The van der Waals surface area contributed by atoms with E-state index in [9.17, 15) is 4.79 Å². The predicted molar refractivity (Wildman–Crippen MR) is 116 cm³/mol. The van der Waals surface area contributed by atoms with Gasteiger partial charge in [-0.1, -0.05) is 31.5 Å². The zero-order valence-corrected chi connectivity index (χ0v) is 17.0. The molecule has 6 heteroatoms. The van der Waals surface area contributed by atoms with Crippen LogP contribution in [0.4, 0.5) is 11.6 Å². The summed E-state index contributed by atoms with van der Waals surface area (Å²) in [7, 11) is 0. The summed E-state index contributed by atoms with van der Waals surface area (Å²) in [4.78, 5) is 27.6. The molecule has 0 saturated carbocycles. The van der Waals surface area contributed by atoms with Crippen molar-refractivity contribution in [3.63, 3.8) is 0 Å². The van der Waals surface area contributed by atoms with Gasteiger partial charge in [0.1, 0.15) is 0 Å². The molecular weight excluding hydrogens is 362 g/mol. The van der Waals surface area contributed by atoms with Gasteiger partial charge in [-0.2, -0.15) is 4.98 Å². The number of anilines is 2. The normalized spacial score (nSPS) is 16.7. The molecule has 0 amide bonds. The second kappa shape index (κ2) is 7.59. The van der Waals surface area contributed by atoms with E-state index >= 15 is 0 Å². The van der Waals surface area contributed by atoms with Gasteiger partial charge in [-0.15, -0.1) is 0 Å². The Hall–Kier alpha value is -2.73. The lowest BCUT2D eigenvalue weighted by molar-refractivity contribution is 0.197. The smallest absolute Gasteiger partial charge is 0.265 e. The molecule has 150 valence electrons. The SMILES string of the molecule is CCCCN1CN(c2ccccc2)c2nc3ncc4c(c3c(=O)n2C1)CCCC4. The van der Waals surface area contributed by atoms with Gasteiger partial charge >= 0.3 is 0 Å². The van der Waals surface area contributed by atoms with Crippen LogP contribution in [0.5, 0.6) is 0 Å². The number of hydrogen-bond acceptors (Lipinski definition) is 5. The number of hydrogen-bond donors (Lipinski definition) is 0. The molecule has 1 aliphatic heterocycles. The first-order valence-electron chi connectivity index (χ1n) is 10.7. The topological polar surface area (TPSA) is 54.3 Å². The number of aromatic nitrogens is 3. The molecule has 3 aromatic rings. The Morgan fingerprint density at radius 3 is 2.72 bits per heavy atom. The van der Waals surface area contributed by atoms with Gasteiger partial charge in [0.25, 0.3) is 5.56 Å². The summed E-state index contributed by atoms with van der Waals surface area (Å²) in [6.45, 7) is 4.48. The van der Waals surface area contributed by atoms with E-state index in [0.29, 0.717) is 18.3 Å². The number of para-hydroxylation sites is 1. The maximum absolute atomic E-state index is 13.7. The van der Waals surface area contributed by atoms with Crippen molar-refractivity contribution in [3.8, 4) is 0 Å². The number of unbranched alkanes of at least 4 members (excludes halogenated alkanes) is 1. The van der Waals surface area contributed by atoms with E-state index in [4.69, 9.17) is 4.98 Å². The minimum absolute atomic E-state index is 0.0541. The van der Waals surface area contributed by atoms with Crippen molar-refractivity contribution in [2.75, 3.05) is 18.1 Å². The summed E-state index contributed by atoms with van der Waals surface area (Å²) in [5, 5.41) is 0.733. The van der Waals surface area contributed by atoms with Crippen LogP contribution in [-0.4, -0.2) is 32.6 Å². The third-order valence-corrected chi connectivity index (χ3v) is 6.10. The van der Waals surface area contributed by atoms with Gasteiger partial charge in [0.2, 0.25) is 5.95 Å². The molecule has 6 nitrogen and oxygen atoms in total. The van der Waals surface area contributed by atoms with Crippen LogP contribution < -0.4 is 10.5 Å². The summed E-state index contributed by atoms with van der Waals surface area (Å²) in [6, 6.07) is 10.2. The standard InChI is InChI=1S/C23H27N5O/c1-2-3-13-26-15-27(18-10-5-4-6-11-18)23-25-21-20(22(29)28(23)16-26)19-12-8-7-9-17(19)14-24-21/h4-6,10-11,14H,2-3,7-9,12-13,15-16H2,1H3. The number of fused-ring (bicyclic) bond motifs is 4. The summed E-state index contributed by atoms with van der Waals surface area (Å²) in [5.41, 5.74) is 4.09. The lowest BCUT2D eigenvalue weighted by Crippen LogP contribution is -2.47. The van der Waals surface area contributed by atoms with E-state index in [1.807, 2.05) is 29.0 Å². The highest BCUT2D eigenvalue weighted by Gasteiger charge is 2.28. The molecule has 0 unspecified atom stereocenters. The molecule has 0 radical (unpaired) electrons. The van der Waals surface area contributed by atoms with Crippen molar-refractivity contribution in [1.82, 2.24) is 19.4 Å². The fraction of sp³-hybridized carbons (Fsp3) is 0.435. The van der Waals surface area contributed by atoms with Gasteiger partial charge in [0.15, 0.2) is 5.65 Å². The van der Waals surface area contributed by atoms with Gasteiger partial charge in [-0.05, 0) is 55.4 Å². The molecule has 1 aliphatic carbocycles. The van der Waals surface area contributed by atoms with Crippen LogP contribution in [0.2, 0.25) is 0 Å². The van der Waals surface area contributed by atoms with Crippen molar-refractivity contribution in [1.29, 1.82) is 0 Å². The fourth-order valence-electron chi connectivity index (χ4n) is 4.56. The first-order valence-corrected chi connectivity index (χ1v) is 10.7. The lowest BCUT2D eigenvalue weighted by atomic mass is 9.91. The maximum Gasteiger partial charge on any atom is 0.265 e. The molecule has 2 aliphatic rings. The Morgan fingerprint density at radius 1 is 1.07 bits per heavy atom. The molecule has 5 rings (SSSR count). The zero-order valence-electron chi connectivity index (χ0n) is 17.0. The number of aryl methyl sites for hydroxylation is 2. The third kappa shape index (κ3) is 3.21. The van der Waals surface area contributed by atoms with E-state index in [1.165, 1.54) is 17.5 Å². The van der Waals surface area contributed by atoms with Gasteiger partial charge in [-0.3, -0.25) is 19.2 Å². The highest BCUT2D eigenvalue weighted by molar-refractivity contribution is 5.81. The minimum atomic E-state index is 0.0541. The van der Waals surface area contributed by atoms with Crippen LogP contribution in [0.15, 0.2) is 41.3 Å². The van der Waals surface area contributed by atoms with Crippen LogP contribution in [-0.2, 0) is 19.5 Å². The fourth-order valence-corrected chi connectivity index (χ4v) is 4.56. The van der Waals surface area contributed by atoms with Gasteiger partial charge in [0, 0.05) is 18.4 Å². The van der Waals surface area contributed by atoms with Crippen LogP contribution in [0.1, 0.15) is 43.7 Å². The molecule has 1 aromatic carbocycles.